The molecule has 2 aromatic rings. The molecular formula is C19H24BrNO3S2. The van der Waals surface area contributed by atoms with E-state index in [2.05, 4.69) is 14.1 Å². The molecule has 1 N–H and O–H groups in total. The van der Waals surface area contributed by atoms with Gasteiger partial charge < -0.3 is 31.3 Å². The number of ether oxygens (including phenoxy) is 1. The number of fused-ring (bicyclic) bond motifs is 2. The first-order chi connectivity index (χ1) is 11.9. The summed E-state index contributed by atoms with van der Waals surface area (Å²) in [5, 5.41) is 15.1. The minimum atomic E-state index is -1.69. The summed E-state index contributed by atoms with van der Waals surface area (Å²) in [5.74, 6) is -0.533. The van der Waals surface area contributed by atoms with Crippen molar-refractivity contribution in [2.75, 3.05) is 14.1 Å². The second-order valence-electron chi connectivity index (χ2n) is 7.68. The number of carbonyl (C=O) groups is 1. The van der Waals surface area contributed by atoms with E-state index in [1.807, 2.05) is 22.9 Å². The second kappa shape index (κ2) is 7.36. The van der Waals surface area contributed by atoms with Crippen molar-refractivity contribution < 1.29 is 36.1 Å². The lowest BCUT2D eigenvalue weighted by Gasteiger charge is -2.44. The maximum absolute atomic E-state index is 13.1. The number of nitrogens with zero attached hydrogens (tertiary/aromatic N) is 1. The van der Waals surface area contributed by atoms with Crippen LogP contribution in [0.1, 0.15) is 35.4 Å². The Balaban J connectivity index is 0.00000196. The number of rotatable bonds is 4. The predicted octanol–water partition coefficient (Wildman–Crippen LogP) is 0.362. The van der Waals surface area contributed by atoms with Gasteiger partial charge in [0.1, 0.15) is 6.10 Å². The highest BCUT2D eigenvalue weighted by Crippen LogP contribution is 2.42. The summed E-state index contributed by atoms with van der Waals surface area (Å²) in [6, 6.07) is 8.41. The lowest BCUT2D eigenvalue weighted by atomic mass is 9.96. The van der Waals surface area contributed by atoms with Gasteiger partial charge in [0, 0.05) is 25.7 Å². The maximum atomic E-state index is 13.1. The SMILES string of the molecule is C[N+]1(C)[C@@H]2CC[C@H]1CC(OC(=O)C(O)(c1cccs1)c1cccs1)C2.[Br-]. The second-order valence-corrected chi connectivity index (χ2v) is 9.57. The monoisotopic (exact) mass is 457 g/mol. The van der Waals surface area contributed by atoms with Crippen LogP contribution >= 0.6 is 22.7 Å². The first-order valence-corrected chi connectivity index (χ1v) is 10.5. The zero-order valence-electron chi connectivity index (χ0n) is 14.9. The highest BCUT2D eigenvalue weighted by atomic mass is 79.9. The van der Waals surface area contributed by atoms with Crippen LogP contribution in [0.3, 0.4) is 0 Å². The normalized spacial score (nSPS) is 27.0. The van der Waals surface area contributed by atoms with Gasteiger partial charge in [0.15, 0.2) is 0 Å². The Morgan fingerprint density at radius 2 is 1.62 bits per heavy atom. The Bertz CT molecular complexity index is 695. The fourth-order valence-corrected chi connectivity index (χ4v) is 6.17. The van der Waals surface area contributed by atoms with Crippen LogP contribution in [0, 0.1) is 0 Å². The first-order valence-electron chi connectivity index (χ1n) is 8.77. The number of quaternary nitrogens is 1. The van der Waals surface area contributed by atoms with Crippen molar-refractivity contribution in [3.8, 4) is 0 Å². The molecule has 1 unspecified atom stereocenters. The third-order valence-electron chi connectivity index (χ3n) is 6.11. The molecule has 4 nitrogen and oxygen atoms in total. The fraction of sp³-hybridized carbons (Fsp3) is 0.526. The van der Waals surface area contributed by atoms with E-state index < -0.39 is 11.6 Å². The molecule has 2 saturated heterocycles. The number of thiophene rings is 2. The van der Waals surface area contributed by atoms with E-state index in [4.69, 9.17) is 4.74 Å². The third-order valence-corrected chi connectivity index (χ3v) is 8.07. The number of hydrogen-bond donors (Lipinski definition) is 1. The molecule has 2 aromatic heterocycles. The van der Waals surface area contributed by atoms with E-state index in [-0.39, 0.29) is 23.1 Å². The van der Waals surface area contributed by atoms with Crippen molar-refractivity contribution in [3.05, 3.63) is 44.8 Å². The van der Waals surface area contributed by atoms with Crippen molar-refractivity contribution in [2.24, 2.45) is 0 Å². The number of aliphatic hydroxyl groups is 1. The van der Waals surface area contributed by atoms with Crippen molar-refractivity contribution in [3.63, 3.8) is 0 Å². The summed E-state index contributed by atoms with van der Waals surface area (Å²) in [4.78, 5) is 14.3. The molecule has 4 rings (SSSR count). The summed E-state index contributed by atoms with van der Waals surface area (Å²) >= 11 is 2.77. The van der Waals surface area contributed by atoms with Crippen LogP contribution in [0.2, 0.25) is 0 Å². The largest absolute Gasteiger partial charge is 1.00 e. The molecule has 0 saturated carbocycles. The van der Waals surface area contributed by atoms with E-state index in [1.54, 1.807) is 12.1 Å². The average Bonchev–Trinajstić information content (AvgIpc) is 3.29. The van der Waals surface area contributed by atoms with Gasteiger partial charge in [-0.15, -0.1) is 22.7 Å². The van der Waals surface area contributed by atoms with Crippen molar-refractivity contribution in [1.29, 1.82) is 0 Å². The van der Waals surface area contributed by atoms with Gasteiger partial charge in [-0.2, -0.15) is 0 Å². The van der Waals surface area contributed by atoms with Crippen LogP contribution in [-0.4, -0.2) is 47.8 Å². The van der Waals surface area contributed by atoms with Crippen molar-refractivity contribution in [2.45, 2.75) is 49.5 Å². The molecule has 3 atom stereocenters. The van der Waals surface area contributed by atoms with E-state index in [0.29, 0.717) is 21.8 Å². The van der Waals surface area contributed by atoms with Gasteiger partial charge in [0.2, 0.25) is 5.60 Å². The molecule has 0 aliphatic carbocycles. The molecule has 7 heteroatoms. The Labute approximate surface area is 172 Å². The molecule has 0 radical (unpaired) electrons. The average molecular weight is 458 g/mol. The summed E-state index contributed by atoms with van der Waals surface area (Å²) in [6.45, 7) is 0. The van der Waals surface area contributed by atoms with Crippen LogP contribution < -0.4 is 17.0 Å². The first kappa shape index (κ1) is 20.0. The molecule has 142 valence electrons. The predicted molar refractivity (Wildman–Crippen MR) is 99.7 cm³/mol. The van der Waals surface area contributed by atoms with E-state index in [0.717, 1.165) is 17.3 Å². The Hall–Kier alpha value is -0.730. The quantitative estimate of drug-likeness (QED) is 0.532. The van der Waals surface area contributed by atoms with Gasteiger partial charge in [-0.05, 0) is 22.9 Å². The topological polar surface area (TPSA) is 46.5 Å². The number of piperidine rings is 1. The lowest BCUT2D eigenvalue weighted by molar-refractivity contribution is -0.931. The number of hydrogen-bond acceptors (Lipinski definition) is 5. The highest BCUT2D eigenvalue weighted by molar-refractivity contribution is 7.12. The molecule has 0 spiro atoms. The van der Waals surface area contributed by atoms with E-state index in [9.17, 15) is 9.90 Å². The van der Waals surface area contributed by atoms with Crippen LogP contribution in [-0.2, 0) is 15.1 Å². The Kier molecular flexibility index (Phi) is 5.66. The van der Waals surface area contributed by atoms with Crippen LogP contribution in [0.25, 0.3) is 0 Å². The summed E-state index contributed by atoms with van der Waals surface area (Å²) < 4.78 is 6.93. The molecule has 0 amide bonds. The van der Waals surface area contributed by atoms with E-state index in [1.165, 1.54) is 35.5 Å². The number of esters is 1. The van der Waals surface area contributed by atoms with Crippen molar-refractivity contribution >= 4 is 28.6 Å². The summed E-state index contributed by atoms with van der Waals surface area (Å²) in [6.07, 6.45) is 4.08. The Morgan fingerprint density at radius 3 is 2.04 bits per heavy atom. The van der Waals surface area contributed by atoms with Gasteiger partial charge in [0.05, 0.1) is 35.9 Å². The van der Waals surface area contributed by atoms with Crippen LogP contribution in [0.5, 0.6) is 0 Å². The Morgan fingerprint density at radius 1 is 1.12 bits per heavy atom. The van der Waals surface area contributed by atoms with Crippen LogP contribution in [0.15, 0.2) is 35.0 Å². The van der Waals surface area contributed by atoms with Gasteiger partial charge in [-0.1, -0.05) is 12.1 Å². The number of carbonyl (C=O) groups excluding carboxylic acids is 1. The minimum Gasteiger partial charge on any atom is -1.00 e. The molecule has 2 fully saturated rings. The number of halogens is 1. The third kappa shape index (κ3) is 3.18. The lowest BCUT2D eigenvalue weighted by Crippen LogP contribution is -3.00. The molecule has 2 aliphatic rings. The molecule has 26 heavy (non-hydrogen) atoms. The van der Waals surface area contributed by atoms with Gasteiger partial charge in [-0.25, -0.2) is 4.79 Å². The zero-order chi connectivity index (χ0) is 17.7. The van der Waals surface area contributed by atoms with Crippen LogP contribution in [0.4, 0.5) is 0 Å². The van der Waals surface area contributed by atoms with Crippen molar-refractivity contribution in [1.82, 2.24) is 0 Å². The smallest absolute Gasteiger partial charge is 0.349 e. The van der Waals surface area contributed by atoms with Gasteiger partial charge >= 0.3 is 5.97 Å². The maximum Gasteiger partial charge on any atom is 0.349 e. The fourth-order valence-electron chi connectivity index (χ4n) is 4.45. The molecule has 4 heterocycles. The molecular weight excluding hydrogens is 434 g/mol. The highest BCUT2D eigenvalue weighted by Gasteiger charge is 2.52. The minimum absolute atomic E-state index is 0. The molecule has 2 aliphatic heterocycles. The summed E-state index contributed by atoms with van der Waals surface area (Å²) in [7, 11) is 4.57. The summed E-state index contributed by atoms with van der Waals surface area (Å²) in [5.41, 5.74) is -1.69. The standard InChI is InChI=1S/C19H24NO3S2.BrH/c1-20(2)13-7-8-14(20)12-15(11-13)23-18(21)19(22,16-5-3-9-24-16)17-6-4-10-25-17;/h3-6,9-10,13-15,22H,7-8,11-12H2,1-2H3;1H/q+1;/p-1/t13-,14+,15?;. The zero-order valence-corrected chi connectivity index (χ0v) is 18.1. The molecule has 0 aromatic carbocycles. The van der Waals surface area contributed by atoms with Gasteiger partial charge in [0.25, 0.3) is 0 Å². The van der Waals surface area contributed by atoms with E-state index >= 15 is 0 Å². The molecule has 2 bridgehead atoms. The van der Waals surface area contributed by atoms with Gasteiger partial charge in [-0.3, -0.25) is 0 Å².